The van der Waals surface area contributed by atoms with Crippen LogP contribution in [0, 0.1) is 5.82 Å². The molecule has 0 amide bonds. The van der Waals surface area contributed by atoms with Crippen molar-refractivity contribution in [2.75, 3.05) is 19.8 Å². The first kappa shape index (κ1) is 12.6. The second-order valence-corrected chi connectivity index (χ2v) is 4.84. The molecule has 1 N–H and O–H groups in total. The van der Waals surface area contributed by atoms with Crippen LogP contribution in [0.1, 0.15) is 12.7 Å². The molecule has 0 bridgehead atoms. The molecular formula is C14H18FN3O. The van der Waals surface area contributed by atoms with Crippen molar-refractivity contribution in [3.63, 3.8) is 0 Å². The number of nitrogens with one attached hydrogen (secondary N) is 1. The molecule has 0 aliphatic carbocycles. The van der Waals surface area contributed by atoms with E-state index in [2.05, 4.69) is 21.8 Å². The molecular weight excluding hydrogens is 245 g/mol. The second kappa shape index (κ2) is 5.27. The fourth-order valence-electron chi connectivity index (χ4n) is 2.63. The number of nitrogens with zero attached hydrogens (tertiary/aromatic N) is 2. The maximum Gasteiger partial charge on any atom is 0.125 e. The number of aryl methyl sites for hydroxylation is 1. The van der Waals surface area contributed by atoms with E-state index in [0.29, 0.717) is 12.6 Å². The summed E-state index contributed by atoms with van der Waals surface area (Å²) in [5, 5.41) is 3.42. The molecule has 2 aromatic rings. The van der Waals surface area contributed by atoms with Crippen molar-refractivity contribution >= 4 is 11.0 Å². The Morgan fingerprint density at radius 2 is 2.42 bits per heavy atom. The fourth-order valence-corrected chi connectivity index (χ4v) is 2.63. The van der Waals surface area contributed by atoms with Gasteiger partial charge in [-0.1, -0.05) is 0 Å². The molecule has 2 heterocycles. The van der Waals surface area contributed by atoms with Gasteiger partial charge in [-0.25, -0.2) is 9.37 Å². The van der Waals surface area contributed by atoms with E-state index in [9.17, 15) is 4.39 Å². The summed E-state index contributed by atoms with van der Waals surface area (Å²) in [6.07, 6.45) is 0.810. The predicted molar refractivity (Wildman–Crippen MR) is 71.7 cm³/mol. The summed E-state index contributed by atoms with van der Waals surface area (Å²) >= 11 is 0. The van der Waals surface area contributed by atoms with E-state index in [1.54, 1.807) is 12.1 Å². The van der Waals surface area contributed by atoms with E-state index in [4.69, 9.17) is 4.74 Å². The van der Waals surface area contributed by atoms with E-state index >= 15 is 0 Å². The van der Waals surface area contributed by atoms with Gasteiger partial charge in [0.25, 0.3) is 0 Å². The Balaban J connectivity index is 1.93. The fraction of sp³-hybridized carbons (Fsp3) is 0.500. The molecule has 5 heteroatoms. The monoisotopic (exact) mass is 263 g/mol. The number of hydrogen-bond acceptors (Lipinski definition) is 3. The van der Waals surface area contributed by atoms with Crippen molar-refractivity contribution in [2.45, 2.75) is 25.9 Å². The van der Waals surface area contributed by atoms with Gasteiger partial charge in [0, 0.05) is 25.6 Å². The molecule has 3 rings (SSSR count). The van der Waals surface area contributed by atoms with Gasteiger partial charge < -0.3 is 14.6 Å². The molecule has 102 valence electrons. The zero-order chi connectivity index (χ0) is 13.2. The van der Waals surface area contributed by atoms with Gasteiger partial charge in [-0.05, 0) is 25.1 Å². The molecule has 0 saturated carbocycles. The number of morpholine rings is 1. The average molecular weight is 263 g/mol. The van der Waals surface area contributed by atoms with Crippen LogP contribution in [0.15, 0.2) is 18.2 Å². The highest BCUT2D eigenvalue weighted by atomic mass is 19.1. The van der Waals surface area contributed by atoms with Crippen LogP contribution in [-0.4, -0.2) is 35.4 Å². The summed E-state index contributed by atoms with van der Waals surface area (Å²) in [5.41, 5.74) is 1.73. The minimum atomic E-state index is -0.215. The second-order valence-electron chi connectivity index (χ2n) is 4.84. The van der Waals surface area contributed by atoms with E-state index in [-0.39, 0.29) is 5.82 Å². The standard InChI is InChI=1S/C14H18FN3O/c1-2-18-13-7-10(15)3-4-12(13)17-14(18)8-11-9-19-6-5-16-11/h3-4,7,11,16H,2,5-6,8-9H2,1H3. The van der Waals surface area contributed by atoms with Crippen LogP contribution in [0.5, 0.6) is 0 Å². The van der Waals surface area contributed by atoms with Crippen molar-refractivity contribution < 1.29 is 9.13 Å². The van der Waals surface area contributed by atoms with Gasteiger partial charge >= 0.3 is 0 Å². The van der Waals surface area contributed by atoms with Gasteiger partial charge in [-0.2, -0.15) is 0 Å². The smallest absolute Gasteiger partial charge is 0.125 e. The number of ether oxygens (including phenoxy) is 1. The molecule has 1 unspecified atom stereocenters. The first-order valence-corrected chi connectivity index (χ1v) is 6.73. The van der Waals surface area contributed by atoms with E-state index in [1.165, 1.54) is 6.07 Å². The lowest BCUT2D eigenvalue weighted by molar-refractivity contribution is 0.0762. The highest BCUT2D eigenvalue weighted by Crippen LogP contribution is 2.19. The molecule has 1 aliphatic heterocycles. The lowest BCUT2D eigenvalue weighted by Crippen LogP contribution is -2.43. The van der Waals surface area contributed by atoms with Crippen molar-refractivity contribution in [1.29, 1.82) is 0 Å². The number of halogens is 1. The Morgan fingerprint density at radius 1 is 1.53 bits per heavy atom. The molecule has 1 aromatic carbocycles. The molecule has 0 radical (unpaired) electrons. The van der Waals surface area contributed by atoms with Gasteiger partial charge in [0.1, 0.15) is 11.6 Å². The lowest BCUT2D eigenvalue weighted by atomic mass is 10.2. The Kier molecular flexibility index (Phi) is 3.48. The zero-order valence-electron chi connectivity index (χ0n) is 11.0. The third-order valence-electron chi connectivity index (χ3n) is 3.53. The Labute approximate surface area is 111 Å². The Hall–Kier alpha value is -1.46. The summed E-state index contributed by atoms with van der Waals surface area (Å²) < 4.78 is 20.9. The van der Waals surface area contributed by atoms with Crippen molar-refractivity contribution in [2.24, 2.45) is 0 Å². The van der Waals surface area contributed by atoms with Crippen LogP contribution in [0.4, 0.5) is 4.39 Å². The summed E-state index contributed by atoms with van der Waals surface area (Å²) in [6.45, 7) is 5.21. The van der Waals surface area contributed by atoms with E-state index < -0.39 is 0 Å². The summed E-state index contributed by atoms with van der Waals surface area (Å²) in [7, 11) is 0. The molecule has 0 spiro atoms. The first-order chi connectivity index (χ1) is 9.28. The minimum absolute atomic E-state index is 0.215. The predicted octanol–water partition coefficient (Wildman–Crippen LogP) is 1.73. The number of fused-ring (bicyclic) bond motifs is 1. The van der Waals surface area contributed by atoms with Crippen LogP contribution in [-0.2, 0) is 17.7 Å². The molecule has 19 heavy (non-hydrogen) atoms. The summed E-state index contributed by atoms with van der Waals surface area (Å²) in [4.78, 5) is 4.62. The Bertz CT molecular complexity index is 575. The van der Waals surface area contributed by atoms with Crippen molar-refractivity contribution in [3.8, 4) is 0 Å². The maximum atomic E-state index is 13.3. The summed E-state index contributed by atoms with van der Waals surface area (Å²) in [6, 6.07) is 5.05. The third kappa shape index (κ3) is 2.48. The van der Waals surface area contributed by atoms with Gasteiger partial charge in [0.15, 0.2) is 0 Å². The highest BCUT2D eigenvalue weighted by molar-refractivity contribution is 5.76. The van der Waals surface area contributed by atoms with E-state index in [1.807, 2.05) is 0 Å². The van der Waals surface area contributed by atoms with Crippen LogP contribution >= 0.6 is 0 Å². The molecule has 1 aliphatic rings. The highest BCUT2D eigenvalue weighted by Gasteiger charge is 2.18. The van der Waals surface area contributed by atoms with Gasteiger partial charge in [0.05, 0.1) is 24.2 Å². The van der Waals surface area contributed by atoms with Gasteiger partial charge in [0.2, 0.25) is 0 Å². The maximum absolute atomic E-state index is 13.3. The largest absolute Gasteiger partial charge is 0.379 e. The quantitative estimate of drug-likeness (QED) is 0.916. The number of rotatable bonds is 3. The number of imidazole rings is 1. The van der Waals surface area contributed by atoms with Crippen LogP contribution < -0.4 is 5.32 Å². The van der Waals surface area contributed by atoms with Crippen molar-refractivity contribution in [1.82, 2.24) is 14.9 Å². The average Bonchev–Trinajstić information content (AvgIpc) is 2.76. The third-order valence-corrected chi connectivity index (χ3v) is 3.53. The molecule has 1 aromatic heterocycles. The van der Waals surface area contributed by atoms with Crippen LogP contribution in [0.2, 0.25) is 0 Å². The number of aromatic nitrogens is 2. The normalized spacial score (nSPS) is 20.0. The SMILES string of the molecule is CCn1c(CC2COCCN2)nc2ccc(F)cc21. The first-order valence-electron chi connectivity index (χ1n) is 6.73. The Morgan fingerprint density at radius 3 is 3.16 bits per heavy atom. The zero-order valence-corrected chi connectivity index (χ0v) is 11.0. The molecule has 1 saturated heterocycles. The van der Waals surface area contributed by atoms with Gasteiger partial charge in [-0.15, -0.1) is 0 Å². The van der Waals surface area contributed by atoms with E-state index in [0.717, 1.165) is 43.0 Å². The number of benzene rings is 1. The summed E-state index contributed by atoms with van der Waals surface area (Å²) in [5.74, 6) is 0.777. The molecule has 1 atom stereocenters. The lowest BCUT2D eigenvalue weighted by Gasteiger charge is -2.23. The van der Waals surface area contributed by atoms with Gasteiger partial charge in [-0.3, -0.25) is 0 Å². The van der Waals surface area contributed by atoms with Crippen LogP contribution in [0.25, 0.3) is 11.0 Å². The van der Waals surface area contributed by atoms with Crippen molar-refractivity contribution in [3.05, 3.63) is 29.8 Å². The molecule has 1 fully saturated rings. The topological polar surface area (TPSA) is 39.1 Å². The number of hydrogen-bond donors (Lipinski definition) is 1. The van der Waals surface area contributed by atoms with Crippen LogP contribution in [0.3, 0.4) is 0 Å². The molecule has 4 nitrogen and oxygen atoms in total. The minimum Gasteiger partial charge on any atom is -0.379 e.